The Kier molecular flexibility index (Phi) is 3.74. The Bertz CT molecular complexity index is 317. The van der Waals surface area contributed by atoms with E-state index in [9.17, 15) is 0 Å². The summed E-state index contributed by atoms with van der Waals surface area (Å²) in [5.74, 6) is 0.813. The first-order chi connectivity index (χ1) is 7.27. The number of aromatic nitrogens is 2. The van der Waals surface area contributed by atoms with E-state index in [2.05, 4.69) is 44.4 Å². The Labute approximate surface area is 103 Å². The summed E-state index contributed by atoms with van der Waals surface area (Å²) in [4.78, 5) is 10.9. The van der Waals surface area contributed by atoms with E-state index >= 15 is 0 Å². The summed E-state index contributed by atoms with van der Waals surface area (Å²) in [6, 6.07) is 0.354. The quantitative estimate of drug-likeness (QED) is 0.739. The average Bonchev–Trinajstić information content (AvgIpc) is 2.44. The summed E-state index contributed by atoms with van der Waals surface area (Å²) in [6.45, 7) is 4.72. The monoisotopic (exact) mass is 319 g/mol. The number of rotatable bonds is 1. The third-order valence-electron chi connectivity index (χ3n) is 2.44. The molecule has 1 saturated heterocycles. The smallest absolute Gasteiger partial charge is 0.225 e. The molecular formula is C10H14IN3O. The van der Waals surface area contributed by atoms with Crippen molar-refractivity contribution < 1.29 is 4.74 Å². The molecule has 82 valence electrons. The Hall–Kier alpha value is -0.430. The fraction of sp³-hybridized carbons (Fsp3) is 0.600. The van der Waals surface area contributed by atoms with E-state index in [0.29, 0.717) is 6.04 Å². The molecule has 1 aromatic rings. The van der Waals surface area contributed by atoms with Gasteiger partial charge in [0.1, 0.15) is 0 Å². The molecule has 15 heavy (non-hydrogen) atoms. The first kappa shape index (κ1) is 11.1. The molecule has 0 aromatic carbocycles. The van der Waals surface area contributed by atoms with E-state index in [-0.39, 0.29) is 0 Å². The van der Waals surface area contributed by atoms with Crippen LogP contribution in [0.3, 0.4) is 0 Å². The van der Waals surface area contributed by atoms with Crippen LogP contribution in [0, 0.1) is 3.57 Å². The molecule has 1 aromatic heterocycles. The van der Waals surface area contributed by atoms with Gasteiger partial charge in [0, 0.05) is 29.1 Å². The van der Waals surface area contributed by atoms with Gasteiger partial charge in [0.25, 0.3) is 0 Å². The normalized spacial score (nSPS) is 22.5. The molecule has 0 aliphatic carbocycles. The molecule has 0 radical (unpaired) electrons. The van der Waals surface area contributed by atoms with E-state index in [4.69, 9.17) is 4.74 Å². The lowest BCUT2D eigenvalue weighted by Crippen LogP contribution is -2.36. The van der Waals surface area contributed by atoms with Crippen molar-refractivity contribution >= 4 is 28.5 Å². The van der Waals surface area contributed by atoms with Crippen LogP contribution in [-0.2, 0) is 4.74 Å². The van der Waals surface area contributed by atoms with Gasteiger partial charge in [-0.1, -0.05) is 0 Å². The number of anilines is 1. The maximum absolute atomic E-state index is 5.48. The van der Waals surface area contributed by atoms with Gasteiger partial charge < -0.3 is 9.64 Å². The van der Waals surface area contributed by atoms with Crippen LogP contribution in [0.5, 0.6) is 0 Å². The predicted octanol–water partition coefficient (Wildman–Crippen LogP) is 1.70. The number of ether oxygens (including phenoxy) is 1. The standard InChI is InChI=1S/C10H14IN3O/c1-8-7-15-4-2-3-14(8)10-12-5-9(11)6-13-10/h5-6,8H,2-4,7H2,1H3. The van der Waals surface area contributed by atoms with Crippen molar-refractivity contribution in [3.63, 3.8) is 0 Å². The number of nitrogens with zero attached hydrogens (tertiary/aromatic N) is 3. The molecule has 0 saturated carbocycles. The van der Waals surface area contributed by atoms with Gasteiger partial charge in [-0.25, -0.2) is 9.97 Å². The summed E-state index contributed by atoms with van der Waals surface area (Å²) in [7, 11) is 0. The minimum absolute atomic E-state index is 0.354. The van der Waals surface area contributed by atoms with Crippen molar-refractivity contribution in [2.45, 2.75) is 19.4 Å². The highest BCUT2D eigenvalue weighted by atomic mass is 127. The molecule has 0 bridgehead atoms. The van der Waals surface area contributed by atoms with Crippen molar-refractivity contribution in [3.8, 4) is 0 Å². The van der Waals surface area contributed by atoms with Gasteiger partial charge in [-0.2, -0.15) is 0 Å². The zero-order valence-electron chi connectivity index (χ0n) is 8.69. The highest BCUT2D eigenvalue weighted by Crippen LogP contribution is 2.15. The number of hydrogen-bond acceptors (Lipinski definition) is 4. The SMILES string of the molecule is CC1COCCCN1c1ncc(I)cn1. The van der Waals surface area contributed by atoms with Crippen LogP contribution in [0.2, 0.25) is 0 Å². The summed E-state index contributed by atoms with van der Waals surface area (Å²) in [5, 5.41) is 0. The highest BCUT2D eigenvalue weighted by Gasteiger charge is 2.19. The Morgan fingerprint density at radius 2 is 2.20 bits per heavy atom. The Morgan fingerprint density at radius 3 is 2.93 bits per heavy atom. The van der Waals surface area contributed by atoms with Gasteiger partial charge in [0.15, 0.2) is 0 Å². The third kappa shape index (κ3) is 2.78. The average molecular weight is 319 g/mol. The van der Waals surface area contributed by atoms with E-state index < -0.39 is 0 Å². The van der Waals surface area contributed by atoms with E-state index in [1.165, 1.54) is 0 Å². The van der Waals surface area contributed by atoms with E-state index in [1.54, 1.807) is 0 Å². The molecule has 2 rings (SSSR count). The summed E-state index contributed by atoms with van der Waals surface area (Å²) in [5.41, 5.74) is 0. The van der Waals surface area contributed by atoms with Crippen LogP contribution < -0.4 is 4.90 Å². The van der Waals surface area contributed by atoms with E-state index in [1.807, 2.05) is 12.4 Å². The fourth-order valence-electron chi connectivity index (χ4n) is 1.65. The summed E-state index contributed by atoms with van der Waals surface area (Å²) in [6.07, 6.45) is 4.74. The molecule has 4 nitrogen and oxygen atoms in total. The first-order valence-electron chi connectivity index (χ1n) is 5.09. The molecule has 1 atom stereocenters. The van der Waals surface area contributed by atoms with Gasteiger partial charge >= 0.3 is 0 Å². The van der Waals surface area contributed by atoms with Gasteiger partial charge in [0.2, 0.25) is 5.95 Å². The first-order valence-corrected chi connectivity index (χ1v) is 6.17. The van der Waals surface area contributed by atoms with Crippen molar-refractivity contribution in [3.05, 3.63) is 16.0 Å². The molecule has 0 amide bonds. The fourth-order valence-corrected chi connectivity index (χ4v) is 1.93. The second-order valence-corrected chi connectivity index (χ2v) is 4.92. The Morgan fingerprint density at radius 1 is 1.47 bits per heavy atom. The number of hydrogen-bond donors (Lipinski definition) is 0. The van der Waals surface area contributed by atoms with Crippen molar-refractivity contribution in [2.24, 2.45) is 0 Å². The van der Waals surface area contributed by atoms with Crippen LogP contribution in [0.25, 0.3) is 0 Å². The molecule has 1 aliphatic rings. The third-order valence-corrected chi connectivity index (χ3v) is 3.00. The van der Waals surface area contributed by atoms with Crippen molar-refractivity contribution in [1.29, 1.82) is 0 Å². The summed E-state index contributed by atoms with van der Waals surface area (Å²) < 4.78 is 6.55. The predicted molar refractivity (Wildman–Crippen MR) is 67.0 cm³/mol. The van der Waals surface area contributed by atoms with Crippen LogP contribution in [0.1, 0.15) is 13.3 Å². The molecule has 1 fully saturated rings. The molecule has 1 aliphatic heterocycles. The molecule has 1 unspecified atom stereocenters. The Balaban J connectivity index is 2.16. The van der Waals surface area contributed by atoms with Gasteiger partial charge in [-0.15, -0.1) is 0 Å². The maximum Gasteiger partial charge on any atom is 0.225 e. The maximum atomic E-state index is 5.48. The largest absolute Gasteiger partial charge is 0.379 e. The van der Waals surface area contributed by atoms with Crippen LogP contribution in [0.15, 0.2) is 12.4 Å². The minimum atomic E-state index is 0.354. The second kappa shape index (κ2) is 5.07. The minimum Gasteiger partial charge on any atom is -0.379 e. The highest BCUT2D eigenvalue weighted by molar-refractivity contribution is 14.1. The lowest BCUT2D eigenvalue weighted by Gasteiger charge is -2.25. The van der Waals surface area contributed by atoms with E-state index in [0.717, 1.165) is 35.7 Å². The topological polar surface area (TPSA) is 38.2 Å². The lowest BCUT2D eigenvalue weighted by molar-refractivity contribution is 0.137. The van der Waals surface area contributed by atoms with Crippen molar-refractivity contribution in [2.75, 3.05) is 24.7 Å². The van der Waals surface area contributed by atoms with Gasteiger partial charge in [-0.3, -0.25) is 0 Å². The molecule has 0 N–H and O–H groups in total. The molecule has 5 heteroatoms. The van der Waals surface area contributed by atoms with Crippen LogP contribution >= 0.6 is 22.6 Å². The molecule has 0 spiro atoms. The summed E-state index contributed by atoms with van der Waals surface area (Å²) >= 11 is 2.21. The van der Waals surface area contributed by atoms with Gasteiger partial charge in [-0.05, 0) is 35.9 Å². The molecular weight excluding hydrogens is 305 g/mol. The number of halogens is 1. The lowest BCUT2D eigenvalue weighted by atomic mass is 10.3. The zero-order valence-corrected chi connectivity index (χ0v) is 10.8. The van der Waals surface area contributed by atoms with Gasteiger partial charge in [0.05, 0.1) is 12.6 Å². The molecule has 2 heterocycles. The zero-order chi connectivity index (χ0) is 10.7. The van der Waals surface area contributed by atoms with Crippen molar-refractivity contribution in [1.82, 2.24) is 9.97 Å². The van der Waals surface area contributed by atoms with Crippen LogP contribution in [0.4, 0.5) is 5.95 Å². The second-order valence-electron chi connectivity index (χ2n) is 3.67. The van der Waals surface area contributed by atoms with Crippen LogP contribution in [-0.4, -0.2) is 35.8 Å².